The number of phenols is 1. The monoisotopic (exact) mass is 406 g/mol. The van der Waals surface area contributed by atoms with E-state index in [0.717, 1.165) is 0 Å². The van der Waals surface area contributed by atoms with Crippen LogP contribution >= 0.6 is 0 Å². The molecule has 0 radical (unpaired) electrons. The Kier molecular flexibility index (Phi) is 6.07. The lowest BCUT2D eigenvalue weighted by molar-refractivity contribution is -0.384. The average Bonchev–Trinajstić information content (AvgIpc) is 2.73. The maximum Gasteiger partial charge on any atom is 0.339 e. The maximum absolute atomic E-state index is 12.9. The van der Waals surface area contributed by atoms with Gasteiger partial charge in [0.1, 0.15) is 11.4 Å². The summed E-state index contributed by atoms with van der Waals surface area (Å²) in [5, 5.41) is 23.4. The van der Waals surface area contributed by atoms with Crippen LogP contribution in [0.1, 0.15) is 27.6 Å². The summed E-state index contributed by atoms with van der Waals surface area (Å²) in [6.45, 7) is 1.70. The molecule has 2 N–H and O–H groups in total. The molecule has 8 heteroatoms. The second-order valence-corrected chi connectivity index (χ2v) is 6.51. The Morgan fingerprint density at radius 2 is 1.77 bits per heavy atom. The molecule has 3 rings (SSSR count). The van der Waals surface area contributed by atoms with Crippen molar-refractivity contribution in [3.8, 4) is 5.75 Å². The molecule has 0 saturated heterocycles. The molecule has 0 aromatic heterocycles. The van der Waals surface area contributed by atoms with E-state index >= 15 is 0 Å². The largest absolute Gasteiger partial charge is 0.508 e. The number of hydrogen-bond donors (Lipinski definition) is 2. The molecule has 0 aliphatic carbocycles. The van der Waals surface area contributed by atoms with Gasteiger partial charge < -0.3 is 15.2 Å². The molecule has 1 atom stereocenters. The van der Waals surface area contributed by atoms with Crippen LogP contribution in [0.3, 0.4) is 0 Å². The number of amides is 1. The number of carbonyl (C=O) groups excluding carboxylic acids is 2. The Bertz CT molecular complexity index is 1100. The predicted molar refractivity (Wildman–Crippen MR) is 109 cm³/mol. The molecular weight excluding hydrogens is 388 g/mol. The van der Waals surface area contributed by atoms with Gasteiger partial charge in [-0.2, -0.15) is 0 Å². The van der Waals surface area contributed by atoms with Gasteiger partial charge in [0.2, 0.25) is 6.10 Å². The molecule has 3 aromatic carbocycles. The van der Waals surface area contributed by atoms with E-state index in [1.165, 1.54) is 36.4 Å². The number of ether oxygens (including phenoxy) is 1. The first-order valence-corrected chi connectivity index (χ1v) is 8.96. The molecule has 30 heavy (non-hydrogen) atoms. The number of rotatable bonds is 6. The molecule has 1 amide bonds. The van der Waals surface area contributed by atoms with Crippen molar-refractivity contribution in [1.82, 2.24) is 0 Å². The first-order chi connectivity index (χ1) is 14.3. The van der Waals surface area contributed by atoms with Gasteiger partial charge in [-0.05, 0) is 36.8 Å². The van der Waals surface area contributed by atoms with Gasteiger partial charge in [-0.15, -0.1) is 0 Å². The van der Waals surface area contributed by atoms with Crippen LogP contribution in [-0.4, -0.2) is 21.9 Å². The molecule has 8 nitrogen and oxygen atoms in total. The SMILES string of the molecule is Cc1ccc(NC(=O)C(OC(=O)c2cccc(O)c2)c2ccccc2)c([N+](=O)[O-])c1. The fourth-order valence-corrected chi connectivity index (χ4v) is 2.81. The van der Waals surface area contributed by atoms with Crippen molar-refractivity contribution in [3.05, 3.63) is 99.6 Å². The summed E-state index contributed by atoms with van der Waals surface area (Å²) in [6.07, 6.45) is -1.36. The van der Waals surface area contributed by atoms with Crippen LogP contribution in [0, 0.1) is 17.0 Å². The van der Waals surface area contributed by atoms with Crippen LogP contribution in [-0.2, 0) is 9.53 Å². The Morgan fingerprint density at radius 1 is 1.03 bits per heavy atom. The molecule has 0 aliphatic heterocycles. The van der Waals surface area contributed by atoms with Gasteiger partial charge in [0.05, 0.1) is 10.5 Å². The topological polar surface area (TPSA) is 119 Å². The van der Waals surface area contributed by atoms with E-state index in [4.69, 9.17) is 4.74 Å². The molecule has 0 saturated carbocycles. The molecule has 1 unspecified atom stereocenters. The zero-order valence-corrected chi connectivity index (χ0v) is 15.9. The third-order valence-corrected chi connectivity index (χ3v) is 4.25. The number of aromatic hydroxyl groups is 1. The lowest BCUT2D eigenvalue weighted by atomic mass is 10.1. The van der Waals surface area contributed by atoms with Crippen LogP contribution < -0.4 is 5.32 Å². The van der Waals surface area contributed by atoms with Crippen molar-refractivity contribution in [2.24, 2.45) is 0 Å². The van der Waals surface area contributed by atoms with Gasteiger partial charge in [0.15, 0.2) is 0 Å². The standard InChI is InChI=1S/C22H18N2O6/c1-14-10-11-18(19(12-14)24(28)29)23-21(26)20(15-6-3-2-4-7-15)30-22(27)16-8-5-9-17(25)13-16/h2-13,20,25H,1H3,(H,23,26). The van der Waals surface area contributed by atoms with Crippen LogP contribution in [0.4, 0.5) is 11.4 Å². The highest BCUT2D eigenvalue weighted by molar-refractivity contribution is 5.99. The van der Waals surface area contributed by atoms with Crippen molar-refractivity contribution in [2.45, 2.75) is 13.0 Å². The van der Waals surface area contributed by atoms with Crippen LogP contribution in [0.2, 0.25) is 0 Å². The summed E-state index contributed by atoms with van der Waals surface area (Å²) in [5.74, 6) is -1.70. The van der Waals surface area contributed by atoms with Gasteiger partial charge >= 0.3 is 5.97 Å². The van der Waals surface area contributed by atoms with Gasteiger partial charge in [0.25, 0.3) is 11.6 Å². The second-order valence-electron chi connectivity index (χ2n) is 6.51. The van der Waals surface area contributed by atoms with Crippen LogP contribution in [0.25, 0.3) is 0 Å². The van der Waals surface area contributed by atoms with Gasteiger partial charge in [-0.25, -0.2) is 4.79 Å². The minimum atomic E-state index is -1.36. The normalized spacial score (nSPS) is 11.4. The summed E-state index contributed by atoms with van der Waals surface area (Å²) < 4.78 is 5.40. The minimum absolute atomic E-state index is 0.00932. The van der Waals surface area contributed by atoms with E-state index < -0.39 is 22.9 Å². The quantitative estimate of drug-likeness (QED) is 0.361. The van der Waals surface area contributed by atoms with Gasteiger partial charge in [0, 0.05) is 11.6 Å². The van der Waals surface area contributed by atoms with E-state index in [0.29, 0.717) is 11.1 Å². The number of nitro groups is 1. The molecule has 0 fully saturated rings. The number of benzene rings is 3. The summed E-state index contributed by atoms with van der Waals surface area (Å²) >= 11 is 0. The summed E-state index contributed by atoms with van der Waals surface area (Å²) in [7, 11) is 0. The Labute approximate surface area is 171 Å². The Balaban J connectivity index is 1.91. The number of aryl methyl sites for hydroxylation is 1. The van der Waals surface area contributed by atoms with Gasteiger partial charge in [-0.3, -0.25) is 14.9 Å². The minimum Gasteiger partial charge on any atom is -0.508 e. The lowest BCUT2D eigenvalue weighted by Crippen LogP contribution is -2.26. The molecule has 0 aliphatic rings. The number of phenolic OH excluding ortho intramolecular Hbond substituents is 1. The van der Waals surface area contributed by atoms with Crippen molar-refractivity contribution in [1.29, 1.82) is 0 Å². The fraction of sp³-hybridized carbons (Fsp3) is 0.0909. The number of anilines is 1. The van der Waals surface area contributed by atoms with E-state index in [1.807, 2.05) is 0 Å². The molecular formula is C22H18N2O6. The highest BCUT2D eigenvalue weighted by Gasteiger charge is 2.28. The molecule has 152 valence electrons. The average molecular weight is 406 g/mol. The van der Waals surface area contributed by atoms with E-state index in [1.54, 1.807) is 43.3 Å². The number of nitrogens with one attached hydrogen (secondary N) is 1. The zero-order valence-electron chi connectivity index (χ0n) is 15.9. The van der Waals surface area contributed by atoms with Crippen molar-refractivity contribution >= 4 is 23.3 Å². The Hall–Kier alpha value is -4.20. The van der Waals surface area contributed by atoms with E-state index in [-0.39, 0.29) is 22.7 Å². The van der Waals surface area contributed by atoms with E-state index in [2.05, 4.69) is 5.32 Å². The smallest absolute Gasteiger partial charge is 0.339 e. The molecule has 0 bridgehead atoms. The van der Waals surface area contributed by atoms with Gasteiger partial charge in [-0.1, -0.05) is 42.5 Å². The maximum atomic E-state index is 12.9. The van der Waals surface area contributed by atoms with E-state index in [9.17, 15) is 24.8 Å². The third kappa shape index (κ3) is 4.79. The first kappa shape index (κ1) is 20.5. The number of esters is 1. The lowest BCUT2D eigenvalue weighted by Gasteiger charge is -2.18. The van der Waals surface area contributed by atoms with Crippen LogP contribution in [0.5, 0.6) is 5.75 Å². The number of carbonyl (C=O) groups is 2. The van der Waals surface area contributed by atoms with Crippen molar-refractivity contribution in [2.75, 3.05) is 5.32 Å². The summed E-state index contributed by atoms with van der Waals surface area (Å²) in [4.78, 5) is 36.2. The van der Waals surface area contributed by atoms with Crippen LogP contribution in [0.15, 0.2) is 72.8 Å². The third-order valence-electron chi connectivity index (χ3n) is 4.25. The number of hydrogen-bond acceptors (Lipinski definition) is 6. The summed E-state index contributed by atoms with van der Waals surface area (Å²) in [5.41, 5.74) is 0.831. The Morgan fingerprint density at radius 3 is 2.43 bits per heavy atom. The second kappa shape index (κ2) is 8.87. The van der Waals surface area contributed by atoms with Crippen molar-refractivity contribution in [3.63, 3.8) is 0 Å². The first-order valence-electron chi connectivity index (χ1n) is 8.96. The molecule has 3 aromatic rings. The number of nitrogens with zero attached hydrogens (tertiary/aromatic N) is 1. The summed E-state index contributed by atoms with van der Waals surface area (Å²) in [6, 6.07) is 18.2. The fourth-order valence-electron chi connectivity index (χ4n) is 2.81. The van der Waals surface area contributed by atoms with Crippen molar-refractivity contribution < 1.29 is 24.4 Å². The highest BCUT2D eigenvalue weighted by atomic mass is 16.6. The zero-order chi connectivity index (χ0) is 21.7. The highest BCUT2D eigenvalue weighted by Crippen LogP contribution is 2.28. The predicted octanol–water partition coefficient (Wildman–Crippen LogP) is 4.15. The number of nitro benzene ring substituents is 1. The molecule has 0 heterocycles. The molecule has 0 spiro atoms.